The number of hydrogen-bond acceptors (Lipinski definition) is 4. The Morgan fingerprint density at radius 1 is 1.22 bits per heavy atom. The van der Waals surface area contributed by atoms with Gasteiger partial charge in [-0.1, -0.05) is 0 Å². The molecule has 2 bridgehead atoms. The summed E-state index contributed by atoms with van der Waals surface area (Å²) in [6.07, 6.45) is 8.63. The number of fused-ring (bicyclic) bond motifs is 2. The van der Waals surface area contributed by atoms with Gasteiger partial charge in [0.15, 0.2) is 0 Å². The van der Waals surface area contributed by atoms with E-state index in [1.54, 1.807) is 6.26 Å². The van der Waals surface area contributed by atoms with Crippen molar-refractivity contribution >= 4 is 5.91 Å². The van der Waals surface area contributed by atoms with Crippen LogP contribution in [0.15, 0.2) is 22.8 Å². The summed E-state index contributed by atoms with van der Waals surface area (Å²) in [4.78, 5) is 16.9. The largest absolute Gasteiger partial charge is 0.466 e. The van der Waals surface area contributed by atoms with Crippen molar-refractivity contribution in [2.24, 2.45) is 0 Å². The number of nitrogens with zero attached hydrogens (tertiary/aromatic N) is 2. The minimum absolute atomic E-state index is 0.269. The molecule has 126 valence electrons. The van der Waals surface area contributed by atoms with Gasteiger partial charge in [-0.05, 0) is 57.1 Å². The molecule has 0 spiro atoms. The van der Waals surface area contributed by atoms with E-state index in [0.29, 0.717) is 25.1 Å². The Hall–Kier alpha value is -1.33. The predicted octanol–water partition coefficient (Wildman–Crippen LogP) is 2.11. The molecule has 1 aromatic rings. The molecule has 3 fully saturated rings. The van der Waals surface area contributed by atoms with E-state index < -0.39 is 5.60 Å². The Morgan fingerprint density at radius 3 is 2.52 bits per heavy atom. The van der Waals surface area contributed by atoms with Crippen LogP contribution in [-0.4, -0.2) is 52.5 Å². The molecule has 5 heteroatoms. The zero-order valence-corrected chi connectivity index (χ0v) is 13.6. The second-order valence-corrected chi connectivity index (χ2v) is 7.42. The van der Waals surface area contributed by atoms with Crippen molar-refractivity contribution < 1.29 is 14.3 Å². The molecular weight excluding hydrogens is 292 g/mol. The highest BCUT2D eigenvalue weighted by Crippen LogP contribution is 2.45. The number of aliphatic hydroxyl groups is 1. The van der Waals surface area contributed by atoms with E-state index in [1.165, 1.54) is 6.42 Å². The van der Waals surface area contributed by atoms with E-state index in [-0.39, 0.29) is 18.0 Å². The standard InChI is InChI=1S/C18H26N2O3/c21-17(19-8-2-1-3-9-19)13-20-14-6-7-15(20)12-18(22,11-14)16-5-4-10-23-16/h4-5,10,14-15,22H,1-3,6-9,11-13H2. The van der Waals surface area contributed by atoms with Crippen LogP contribution in [0.1, 0.15) is 50.7 Å². The third-order valence-electron chi connectivity index (χ3n) is 5.92. The fourth-order valence-corrected chi connectivity index (χ4v) is 4.72. The van der Waals surface area contributed by atoms with Crippen LogP contribution in [0, 0.1) is 0 Å². The molecular formula is C18H26N2O3. The Labute approximate surface area is 137 Å². The lowest BCUT2D eigenvalue weighted by Gasteiger charge is -2.43. The number of hydrogen-bond donors (Lipinski definition) is 1. The van der Waals surface area contributed by atoms with Gasteiger partial charge in [0.05, 0.1) is 12.8 Å². The van der Waals surface area contributed by atoms with E-state index in [2.05, 4.69) is 4.90 Å². The molecule has 5 nitrogen and oxygen atoms in total. The first kappa shape index (κ1) is 15.2. The Balaban J connectivity index is 1.43. The van der Waals surface area contributed by atoms with Gasteiger partial charge in [0.1, 0.15) is 11.4 Å². The maximum atomic E-state index is 12.6. The summed E-state index contributed by atoms with van der Waals surface area (Å²) in [7, 11) is 0. The van der Waals surface area contributed by atoms with Gasteiger partial charge in [-0.3, -0.25) is 9.69 Å². The van der Waals surface area contributed by atoms with Crippen molar-refractivity contribution in [3.63, 3.8) is 0 Å². The van der Waals surface area contributed by atoms with Crippen molar-refractivity contribution in [1.82, 2.24) is 9.80 Å². The summed E-state index contributed by atoms with van der Waals surface area (Å²) >= 11 is 0. The van der Waals surface area contributed by atoms with Gasteiger partial charge in [0.25, 0.3) is 0 Å². The topological polar surface area (TPSA) is 56.9 Å². The van der Waals surface area contributed by atoms with Crippen LogP contribution in [-0.2, 0) is 10.4 Å². The molecule has 0 radical (unpaired) electrons. The number of amides is 1. The quantitative estimate of drug-likeness (QED) is 0.927. The van der Waals surface area contributed by atoms with Gasteiger partial charge in [-0.15, -0.1) is 0 Å². The molecule has 1 aromatic heterocycles. The molecule has 2 atom stereocenters. The normalized spacial score (nSPS) is 34.7. The van der Waals surface area contributed by atoms with E-state index >= 15 is 0 Å². The number of likely N-dealkylation sites (tertiary alicyclic amines) is 1. The van der Waals surface area contributed by atoms with Crippen LogP contribution >= 0.6 is 0 Å². The Morgan fingerprint density at radius 2 is 1.91 bits per heavy atom. The molecule has 4 rings (SSSR count). The highest BCUT2D eigenvalue weighted by Gasteiger charge is 2.50. The SMILES string of the molecule is O=C(CN1C2CCC1CC(O)(c1ccco1)C2)N1CCCCC1. The zero-order chi connectivity index (χ0) is 15.9. The summed E-state index contributed by atoms with van der Waals surface area (Å²) < 4.78 is 5.47. The van der Waals surface area contributed by atoms with Crippen molar-refractivity contribution in [3.05, 3.63) is 24.2 Å². The lowest BCUT2D eigenvalue weighted by atomic mass is 9.84. The van der Waals surface area contributed by atoms with Gasteiger partial charge in [0.2, 0.25) is 5.91 Å². The van der Waals surface area contributed by atoms with Crippen molar-refractivity contribution in [1.29, 1.82) is 0 Å². The van der Waals surface area contributed by atoms with Gasteiger partial charge in [0, 0.05) is 25.2 Å². The van der Waals surface area contributed by atoms with Crippen LogP contribution in [0.4, 0.5) is 0 Å². The third-order valence-corrected chi connectivity index (χ3v) is 5.92. The van der Waals surface area contributed by atoms with Crippen LogP contribution in [0.3, 0.4) is 0 Å². The number of carbonyl (C=O) groups excluding carboxylic acids is 1. The van der Waals surface area contributed by atoms with Gasteiger partial charge in [-0.25, -0.2) is 0 Å². The lowest BCUT2D eigenvalue weighted by molar-refractivity contribution is -0.137. The van der Waals surface area contributed by atoms with Gasteiger partial charge >= 0.3 is 0 Å². The van der Waals surface area contributed by atoms with Crippen LogP contribution < -0.4 is 0 Å². The molecule has 1 N–H and O–H groups in total. The molecule has 3 aliphatic heterocycles. The molecule has 1 amide bonds. The maximum Gasteiger partial charge on any atom is 0.236 e. The maximum absolute atomic E-state index is 12.6. The molecule has 0 aliphatic carbocycles. The van der Waals surface area contributed by atoms with Gasteiger partial charge < -0.3 is 14.4 Å². The smallest absolute Gasteiger partial charge is 0.236 e. The van der Waals surface area contributed by atoms with Crippen LogP contribution in [0.5, 0.6) is 0 Å². The number of carbonyl (C=O) groups is 1. The summed E-state index contributed by atoms with van der Waals surface area (Å²) in [6, 6.07) is 4.28. The van der Waals surface area contributed by atoms with Crippen molar-refractivity contribution in [2.75, 3.05) is 19.6 Å². The van der Waals surface area contributed by atoms with E-state index in [1.807, 2.05) is 17.0 Å². The second kappa shape index (κ2) is 5.95. The molecule has 2 unspecified atom stereocenters. The highest BCUT2D eigenvalue weighted by atomic mass is 16.4. The first-order valence-electron chi connectivity index (χ1n) is 8.96. The predicted molar refractivity (Wildman–Crippen MR) is 85.8 cm³/mol. The molecule has 23 heavy (non-hydrogen) atoms. The fourth-order valence-electron chi connectivity index (χ4n) is 4.72. The van der Waals surface area contributed by atoms with Crippen LogP contribution in [0.25, 0.3) is 0 Å². The monoisotopic (exact) mass is 318 g/mol. The number of piperidine rings is 2. The molecule has 4 heterocycles. The summed E-state index contributed by atoms with van der Waals surface area (Å²) in [6.45, 7) is 2.35. The van der Waals surface area contributed by atoms with Crippen molar-refractivity contribution in [2.45, 2.75) is 62.6 Å². The van der Waals surface area contributed by atoms with Crippen molar-refractivity contribution in [3.8, 4) is 0 Å². The molecule has 0 aromatic carbocycles. The highest BCUT2D eigenvalue weighted by molar-refractivity contribution is 5.78. The minimum atomic E-state index is -0.861. The average molecular weight is 318 g/mol. The Kier molecular flexibility index (Phi) is 3.93. The fraction of sp³-hybridized carbons (Fsp3) is 0.722. The van der Waals surface area contributed by atoms with E-state index in [4.69, 9.17) is 4.42 Å². The first-order valence-corrected chi connectivity index (χ1v) is 8.96. The second-order valence-electron chi connectivity index (χ2n) is 7.42. The zero-order valence-electron chi connectivity index (χ0n) is 13.6. The molecule has 0 saturated carbocycles. The number of rotatable bonds is 3. The average Bonchev–Trinajstić information content (AvgIpc) is 3.18. The van der Waals surface area contributed by atoms with Gasteiger partial charge in [-0.2, -0.15) is 0 Å². The van der Waals surface area contributed by atoms with Crippen LogP contribution in [0.2, 0.25) is 0 Å². The first-order chi connectivity index (χ1) is 11.2. The van der Waals surface area contributed by atoms with E-state index in [9.17, 15) is 9.90 Å². The number of furan rings is 1. The minimum Gasteiger partial charge on any atom is -0.466 e. The third kappa shape index (κ3) is 2.81. The van der Waals surface area contributed by atoms with E-state index in [0.717, 1.165) is 38.8 Å². The summed E-state index contributed by atoms with van der Waals surface area (Å²) in [5.41, 5.74) is -0.861. The Bertz CT molecular complexity index is 537. The summed E-state index contributed by atoms with van der Waals surface area (Å²) in [5.74, 6) is 0.946. The summed E-state index contributed by atoms with van der Waals surface area (Å²) in [5, 5.41) is 11.0. The molecule has 3 aliphatic rings. The lowest BCUT2D eigenvalue weighted by Crippen LogP contribution is -2.53. The molecule has 3 saturated heterocycles.